The number of anilines is 3. The maximum atomic E-state index is 2.58. The number of rotatable bonds is 5. The van der Waals surface area contributed by atoms with Gasteiger partial charge in [-0.25, -0.2) is 0 Å². The highest BCUT2D eigenvalue weighted by Gasteiger charge is 2.52. The van der Waals surface area contributed by atoms with Crippen molar-refractivity contribution in [2.45, 2.75) is 30.1 Å². The second-order valence-corrected chi connectivity index (χ2v) is 19.0. The van der Waals surface area contributed by atoms with Crippen LogP contribution in [-0.4, -0.2) is 0 Å². The molecule has 0 aromatic heterocycles. The van der Waals surface area contributed by atoms with Gasteiger partial charge in [0.1, 0.15) is 0 Å². The van der Waals surface area contributed by atoms with Crippen LogP contribution < -0.4 is 4.90 Å². The van der Waals surface area contributed by atoms with Crippen molar-refractivity contribution in [2.24, 2.45) is 0 Å². The number of nitrogens with zero attached hydrogens (tertiary/aromatic N) is 1. The Morgan fingerprint density at radius 3 is 1.26 bits per heavy atom. The average Bonchev–Trinajstić information content (AvgIpc) is 4.04. The van der Waals surface area contributed by atoms with Crippen LogP contribution in [0.4, 0.5) is 17.1 Å². The molecule has 1 nitrogen and oxygen atoms in total. The van der Waals surface area contributed by atoms with E-state index in [9.17, 15) is 0 Å². The summed E-state index contributed by atoms with van der Waals surface area (Å²) in [6.07, 6.45) is 0. The minimum absolute atomic E-state index is 0.296. The van der Waals surface area contributed by atoms with E-state index in [1.165, 1.54) is 106 Å². The maximum absolute atomic E-state index is 2.58. The fraction of sp³-hybridized carbons (Fsp3) is 0.0769. The molecular formula is C65H45N. The molecule has 0 saturated heterocycles. The number of fused-ring (bicyclic) bond motifs is 16. The summed E-state index contributed by atoms with van der Waals surface area (Å²) in [6, 6.07) is 89.3. The average molecular weight is 840 g/mol. The Balaban J connectivity index is 1.06. The molecule has 0 N–H and O–H groups in total. The van der Waals surface area contributed by atoms with Crippen LogP contribution in [0, 0.1) is 0 Å². The SMILES string of the molecule is CC1(c2ccccc2)c2ccccc2-c2cc(N(c3ccc4c(c3)C(C)(c3ccccc3)c3ccccc3-4)c3cccc4c3-c3ccccc3C43c4ccccc4-c4ccccc43)ccc21. The van der Waals surface area contributed by atoms with Gasteiger partial charge >= 0.3 is 0 Å². The van der Waals surface area contributed by atoms with Crippen LogP contribution in [0.5, 0.6) is 0 Å². The Kier molecular flexibility index (Phi) is 7.66. The predicted molar refractivity (Wildman–Crippen MR) is 272 cm³/mol. The molecule has 0 heterocycles. The Morgan fingerprint density at radius 1 is 0.273 bits per heavy atom. The molecule has 310 valence electrons. The third-order valence-electron chi connectivity index (χ3n) is 16.1. The van der Waals surface area contributed by atoms with E-state index in [-0.39, 0.29) is 10.8 Å². The highest BCUT2D eigenvalue weighted by Crippen LogP contribution is 2.65. The summed E-state index contributed by atoms with van der Waals surface area (Å²) in [5.41, 5.74) is 26.0. The Bertz CT molecular complexity index is 3590. The van der Waals surface area contributed by atoms with Gasteiger partial charge in [0.2, 0.25) is 0 Å². The van der Waals surface area contributed by atoms with Gasteiger partial charge in [0.15, 0.2) is 0 Å². The first-order valence-corrected chi connectivity index (χ1v) is 23.3. The van der Waals surface area contributed by atoms with Crippen molar-refractivity contribution >= 4 is 17.1 Å². The summed E-state index contributed by atoms with van der Waals surface area (Å²) in [7, 11) is 0. The van der Waals surface area contributed by atoms with E-state index in [2.05, 4.69) is 255 Å². The van der Waals surface area contributed by atoms with E-state index >= 15 is 0 Å². The van der Waals surface area contributed by atoms with E-state index < -0.39 is 5.41 Å². The molecule has 1 heteroatoms. The smallest absolute Gasteiger partial charge is 0.0726 e. The zero-order valence-electron chi connectivity index (χ0n) is 37.0. The molecule has 66 heavy (non-hydrogen) atoms. The molecule has 0 saturated carbocycles. The molecule has 4 aliphatic rings. The standard InChI is InChI=1S/C65H45N/c1-63(42-20-5-3-6-21-42)54-30-15-10-27-49(54)52-40-44(37-39-55(52)63)66(45-36-38-50-46-24-9-14-29-53(46)64(2,60(50)41-45)43-22-7-4-8-23-43)61-35-19-34-59-62(61)51-28-13-18-33-58(51)65(59)56-31-16-11-25-47(56)48-26-12-17-32-57(48)65/h3-41H,1-2H3. The van der Waals surface area contributed by atoms with Crippen LogP contribution >= 0.6 is 0 Å². The van der Waals surface area contributed by atoms with E-state index in [1.807, 2.05) is 0 Å². The van der Waals surface area contributed by atoms with Gasteiger partial charge in [-0.3, -0.25) is 0 Å². The van der Waals surface area contributed by atoms with Gasteiger partial charge in [0, 0.05) is 27.8 Å². The van der Waals surface area contributed by atoms with Crippen LogP contribution in [0.25, 0.3) is 44.5 Å². The lowest BCUT2D eigenvalue weighted by atomic mass is 9.70. The van der Waals surface area contributed by atoms with Crippen LogP contribution in [-0.2, 0) is 16.2 Å². The van der Waals surface area contributed by atoms with E-state index in [0.29, 0.717) is 0 Å². The van der Waals surface area contributed by atoms with E-state index in [1.54, 1.807) is 0 Å². The lowest BCUT2D eigenvalue weighted by Gasteiger charge is -2.33. The molecule has 14 rings (SSSR count). The van der Waals surface area contributed by atoms with Gasteiger partial charge in [-0.1, -0.05) is 206 Å². The summed E-state index contributed by atoms with van der Waals surface area (Å²) in [5, 5.41) is 0. The molecule has 10 aromatic rings. The Morgan fingerprint density at radius 2 is 0.667 bits per heavy atom. The van der Waals surface area contributed by atoms with Crippen molar-refractivity contribution < 1.29 is 0 Å². The Hall–Kier alpha value is -8.00. The zero-order chi connectivity index (χ0) is 43.8. The van der Waals surface area contributed by atoms with Crippen molar-refractivity contribution in [3.63, 3.8) is 0 Å². The Labute approximate surface area is 387 Å². The predicted octanol–water partition coefficient (Wildman–Crippen LogP) is 16.2. The number of benzene rings is 10. The third kappa shape index (κ3) is 4.64. The second kappa shape index (κ2) is 13.5. The number of hydrogen-bond donors (Lipinski definition) is 0. The summed E-state index contributed by atoms with van der Waals surface area (Å²) in [5.74, 6) is 0. The van der Waals surface area contributed by atoms with Crippen LogP contribution in [0.15, 0.2) is 237 Å². The lowest BCUT2D eigenvalue weighted by molar-refractivity contribution is 0.713. The molecule has 0 aliphatic heterocycles. The molecule has 2 unspecified atom stereocenters. The van der Waals surface area contributed by atoms with E-state index in [0.717, 1.165) is 11.4 Å². The van der Waals surface area contributed by atoms with Gasteiger partial charge in [-0.05, 0) is 139 Å². The van der Waals surface area contributed by atoms with Crippen molar-refractivity contribution in [1.82, 2.24) is 0 Å². The van der Waals surface area contributed by atoms with Crippen molar-refractivity contribution in [2.75, 3.05) is 4.90 Å². The minimum atomic E-state index is -0.458. The fourth-order valence-corrected chi connectivity index (χ4v) is 13.2. The fourth-order valence-electron chi connectivity index (χ4n) is 13.2. The monoisotopic (exact) mass is 839 g/mol. The molecule has 0 fully saturated rings. The third-order valence-corrected chi connectivity index (χ3v) is 16.1. The molecule has 1 spiro atoms. The van der Waals surface area contributed by atoms with Gasteiger partial charge < -0.3 is 4.90 Å². The van der Waals surface area contributed by atoms with Crippen molar-refractivity contribution in [1.29, 1.82) is 0 Å². The molecule has 0 amide bonds. The van der Waals surface area contributed by atoms with Gasteiger partial charge in [0.25, 0.3) is 0 Å². The topological polar surface area (TPSA) is 3.24 Å². The first kappa shape index (κ1) is 37.4. The highest BCUT2D eigenvalue weighted by molar-refractivity contribution is 6.02. The number of hydrogen-bond acceptors (Lipinski definition) is 1. The second-order valence-electron chi connectivity index (χ2n) is 19.0. The van der Waals surface area contributed by atoms with Gasteiger partial charge in [-0.15, -0.1) is 0 Å². The highest BCUT2D eigenvalue weighted by atomic mass is 15.1. The molecule has 10 aromatic carbocycles. The first-order chi connectivity index (χ1) is 32.5. The van der Waals surface area contributed by atoms with Crippen LogP contribution in [0.1, 0.15) is 69.5 Å². The zero-order valence-corrected chi connectivity index (χ0v) is 37.0. The molecule has 0 radical (unpaired) electrons. The molecular weight excluding hydrogens is 795 g/mol. The van der Waals surface area contributed by atoms with E-state index in [4.69, 9.17) is 0 Å². The summed E-state index contributed by atoms with van der Waals surface area (Å²) in [6.45, 7) is 4.83. The van der Waals surface area contributed by atoms with Crippen LogP contribution in [0.2, 0.25) is 0 Å². The summed E-state index contributed by atoms with van der Waals surface area (Å²) >= 11 is 0. The normalized spacial score (nSPS) is 18.1. The molecule has 0 bridgehead atoms. The van der Waals surface area contributed by atoms with Gasteiger partial charge in [-0.2, -0.15) is 0 Å². The van der Waals surface area contributed by atoms with Crippen LogP contribution in [0.3, 0.4) is 0 Å². The molecule has 2 atom stereocenters. The largest absolute Gasteiger partial charge is 0.310 e. The molecule has 4 aliphatic carbocycles. The van der Waals surface area contributed by atoms with Crippen molar-refractivity contribution in [3.8, 4) is 44.5 Å². The summed E-state index contributed by atoms with van der Waals surface area (Å²) < 4.78 is 0. The van der Waals surface area contributed by atoms with Crippen molar-refractivity contribution in [3.05, 3.63) is 292 Å². The summed E-state index contributed by atoms with van der Waals surface area (Å²) in [4.78, 5) is 2.58. The van der Waals surface area contributed by atoms with Gasteiger partial charge in [0.05, 0.1) is 11.1 Å². The minimum Gasteiger partial charge on any atom is -0.310 e. The maximum Gasteiger partial charge on any atom is 0.0726 e. The quantitative estimate of drug-likeness (QED) is 0.167. The lowest BCUT2D eigenvalue weighted by Crippen LogP contribution is -2.26. The first-order valence-electron chi connectivity index (χ1n) is 23.3.